The lowest BCUT2D eigenvalue weighted by molar-refractivity contribution is -0.124. The van der Waals surface area contributed by atoms with Crippen LogP contribution < -0.4 is 16.4 Å². The second-order valence-corrected chi connectivity index (χ2v) is 8.85. The maximum atomic E-state index is 11.9. The van der Waals surface area contributed by atoms with Crippen molar-refractivity contribution in [1.29, 1.82) is 0 Å². The van der Waals surface area contributed by atoms with Crippen molar-refractivity contribution >= 4 is 40.5 Å². The molecule has 3 rings (SSSR count). The number of carbonyl (C=O) groups is 3. The molecule has 1 heterocycles. The minimum absolute atomic E-state index is 0.0514. The number of carbonyl (C=O) groups excluding carboxylic acids is 3. The molecule has 0 unspecified atom stereocenters. The Bertz CT molecular complexity index is 702. The predicted molar refractivity (Wildman–Crippen MR) is 96.0 cm³/mol. The molecule has 2 bridgehead atoms. The van der Waals surface area contributed by atoms with E-state index in [0.717, 1.165) is 30.3 Å². The standard InChI is InChI=1S/C16H23N5O3S/c1-15(2)8-4-5-16(15,3)10(6-8)20-21-14-19-12(23)9(25-14)7-11(22)18-13(17)24/h8-9H,4-7H2,1-3H3,(H,19,21,23)(H3,17,18,22,24)/b20-10-/t8-,9-,16+/m0/s1. The lowest BCUT2D eigenvalue weighted by Gasteiger charge is -2.34. The maximum Gasteiger partial charge on any atom is 0.318 e. The summed E-state index contributed by atoms with van der Waals surface area (Å²) in [4.78, 5) is 34.2. The Morgan fingerprint density at radius 1 is 1.36 bits per heavy atom. The van der Waals surface area contributed by atoms with Crippen molar-refractivity contribution in [2.75, 3.05) is 0 Å². The van der Waals surface area contributed by atoms with E-state index in [4.69, 9.17) is 5.73 Å². The molecule has 0 aromatic rings. The van der Waals surface area contributed by atoms with Gasteiger partial charge in [0.15, 0.2) is 5.17 Å². The van der Waals surface area contributed by atoms with Gasteiger partial charge in [0.1, 0.15) is 5.25 Å². The average Bonchev–Trinajstić information content (AvgIpc) is 3.01. The smallest absolute Gasteiger partial charge is 0.318 e. The lowest BCUT2D eigenvalue weighted by Crippen LogP contribution is -2.37. The van der Waals surface area contributed by atoms with Crippen molar-refractivity contribution < 1.29 is 14.4 Å². The zero-order chi connectivity index (χ0) is 18.4. The van der Waals surface area contributed by atoms with Gasteiger partial charge in [-0.15, -0.1) is 5.10 Å². The number of fused-ring (bicyclic) bond motifs is 2. The van der Waals surface area contributed by atoms with Gasteiger partial charge in [0.2, 0.25) is 11.8 Å². The van der Waals surface area contributed by atoms with Crippen LogP contribution in [0.4, 0.5) is 4.79 Å². The number of hydrogen-bond acceptors (Lipinski definition) is 6. The van der Waals surface area contributed by atoms with Crippen LogP contribution in [0.2, 0.25) is 0 Å². The first-order valence-electron chi connectivity index (χ1n) is 8.35. The second-order valence-electron chi connectivity index (χ2n) is 7.66. The fourth-order valence-electron chi connectivity index (χ4n) is 4.13. The number of nitrogens with one attached hydrogen (secondary N) is 2. The Hall–Kier alpha value is -1.90. The van der Waals surface area contributed by atoms with Gasteiger partial charge in [0, 0.05) is 17.5 Å². The van der Waals surface area contributed by atoms with Gasteiger partial charge in [0.25, 0.3) is 0 Å². The minimum Gasteiger partial charge on any atom is -0.351 e. The molecule has 136 valence electrons. The molecule has 2 aliphatic carbocycles. The minimum atomic E-state index is -0.930. The molecular formula is C16H23N5O3S. The highest BCUT2D eigenvalue weighted by molar-refractivity contribution is 8.15. The normalized spacial score (nSPS) is 36.0. The van der Waals surface area contributed by atoms with Crippen LogP contribution in [-0.4, -0.2) is 34.0 Å². The fraction of sp³-hybridized carbons (Fsp3) is 0.688. The van der Waals surface area contributed by atoms with Crippen LogP contribution in [0.1, 0.15) is 46.5 Å². The first kappa shape index (κ1) is 17.9. The van der Waals surface area contributed by atoms with Crippen LogP contribution in [0.25, 0.3) is 0 Å². The van der Waals surface area contributed by atoms with Crippen molar-refractivity contribution in [2.45, 2.75) is 51.7 Å². The molecular weight excluding hydrogens is 342 g/mol. The van der Waals surface area contributed by atoms with E-state index in [1.807, 2.05) is 5.32 Å². The summed E-state index contributed by atoms with van der Waals surface area (Å²) in [5, 5.41) is 13.0. The van der Waals surface area contributed by atoms with Gasteiger partial charge in [0.05, 0.1) is 0 Å². The molecule has 8 nitrogen and oxygen atoms in total. The third-order valence-corrected chi connectivity index (χ3v) is 7.26. The van der Waals surface area contributed by atoms with Gasteiger partial charge in [-0.1, -0.05) is 32.5 Å². The molecule has 2 saturated carbocycles. The Labute approximate surface area is 150 Å². The van der Waals surface area contributed by atoms with Crippen LogP contribution in [0.15, 0.2) is 10.2 Å². The first-order valence-corrected chi connectivity index (χ1v) is 9.23. The number of thioether (sulfide) groups is 1. The predicted octanol–water partition coefficient (Wildman–Crippen LogP) is 1.36. The van der Waals surface area contributed by atoms with E-state index >= 15 is 0 Å². The van der Waals surface area contributed by atoms with Crippen molar-refractivity contribution in [3.05, 3.63) is 0 Å². The number of imide groups is 1. The third-order valence-electron chi connectivity index (χ3n) is 6.18. The molecule has 25 heavy (non-hydrogen) atoms. The van der Waals surface area contributed by atoms with E-state index in [1.165, 1.54) is 6.42 Å². The summed E-state index contributed by atoms with van der Waals surface area (Å²) < 4.78 is 0. The molecule has 0 radical (unpaired) electrons. The summed E-state index contributed by atoms with van der Waals surface area (Å²) >= 11 is 1.15. The van der Waals surface area contributed by atoms with Crippen LogP contribution >= 0.6 is 11.8 Å². The number of amides is 4. The molecule has 1 saturated heterocycles. The molecule has 0 spiro atoms. The van der Waals surface area contributed by atoms with Crippen LogP contribution in [0.3, 0.4) is 0 Å². The summed E-state index contributed by atoms with van der Waals surface area (Å²) in [5.41, 5.74) is 6.25. The van der Waals surface area contributed by atoms with E-state index in [2.05, 4.69) is 36.3 Å². The molecule has 1 aliphatic heterocycles. The quantitative estimate of drug-likeness (QED) is 0.653. The molecule has 0 aromatic carbocycles. The molecule has 4 N–H and O–H groups in total. The van der Waals surface area contributed by atoms with Gasteiger partial charge in [-0.05, 0) is 30.6 Å². The van der Waals surface area contributed by atoms with Gasteiger partial charge in [-0.25, -0.2) is 4.79 Å². The van der Waals surface area contributed by atoms with Crippen molar-refractivity contribution in [3.63, 3.8) is 0 Å². The molecule has 3 fully saturated rings. The zero-order valence-corrected chi connectivity index (χ0v) is 15.4. The Kier molecular flexibility index (Phi) is 4.38. The Morgan fingerprint density at radius 2 is 2.08 bits per heavy atom. The Balaban J connectivity index is 1.67. The van der Waals surface area contributed by atoms with E-state index in [0.29, 0.717) is 11.1 Å². The fourth-order valence-corrected chi connectivity index (χ4v) is 5.05. The molecule has 3 atom stereocenters. The number of primary amides is 1. The summed E-state index contributed by atoms with van der Waals surface area (Å²) in [5.74, 6) is -0.273. The monoisotopic (exact) mass is 365 g/mol. The van der Waals surface area contributed by atoms with E-state index < -0.39 is 17.2 Å². The van der Waals surface area contributed by atoms with Crippen molar-refractivity contribution in [3.8, 4) is 0 Å². The number of nitrogens with zero attached hydrogens (tertiary/aromatic N) is 2. The van der Waals surface area contributed by atoms with Crippen LogP contribution in [0, 0.1) is 16.7 Å². The van der Waals surface area contributed by atoms with Gasteiger partial charge >= 0.3 is 6.03 Å². The molecule has 9 heteroatoms. The van der Waals surface area contributed by atoms with Gasteiger partial charge < -0.3 is 11.1 Å². The van der Waals surface area contributed by atoms with Crippen molar-refractivity contribution in [2.24, 2.45) is 32.7 Å². The maximum absolute atomic E-state index is 11.9. The topological polar surface area (TPSA) is 126 Å². The molecule has 4 amide bonds. The number of amidine groups is 1. The highest BCUT2D eigenvalue weighted by Crippen LogP contribution is 2.64. The van der Waals surface area contributed by atoms with Crippen LogP contribution in [0.5, 0.6) is 0 Å². The highest BCUT2D eigenvalue weighted by atomic mass is 32.2. The Morgan fingerprint density at radius 3 is 2.64 bits per heavy atom. The number of urea groups is 1. The number of hydrogen-bond donors (Lipinski definition) is 3. The van der Waals surface area contributed by atoms with Crippen molar-refractivity contribution in [1.82, 2.24) is 10.6 Å². The first-order chi connectivity index (χ1) is 11.6. The second kappa shape index (κ2) is 6.12. The van der Waals surface area contributed by atoms with E-state index in [-0.39, 0.29) is 23.2 Å². The van der Waals surface area contributed by atoms with Crippen LogP contribution in [-0.2, 0) is 9.59 Å². The third kappa shape index (κ3) is 3.05. The summed E-state index contributed by atoms with van der Waals surface area (Å²) in [6, 6.07) is -0.930. The largest absolute Gasteiger partial charge is 0.351 e. The van der Waals surface area contributed by atoms with E-state index in [9.17, 15) is 14.4 Å². The highest BCUT2D eigenvalue weighted by Gasteiger charge is 2.60. The number of rotatable bonds is 3. The zero-order valence-electron chi connectivity index (χ0n) is 14.6. The average molecular weight is 365 g/mol. The SMILES string of the molecule is CC1(C)[C@H]2CC[C@]1(C)/C(=N\N=C1\NC(=O)[C@H](CC(=O)NC(N)=O)S1)C2. The summed E-state index contributed by atoms with van der Waals surface area (Å²) in [7, 11) is 0. The summed E-state index contributed by atoms with van der Waals surface area (Å²) in [6.07, 6.45) is 3.15. The lowest BCUT2D eigenvalue weighted by atomic mass is 9.70. The van der Waals surface area contributed by atoms with Gasteiger partial charge in [-0.3, -0.25) is 14.9 Å². The van der Waals surface area contributed by atoms with E-state index in [1.54, 1.807) is 0 Å². The molecule has 3 aliphatic rings. The number of nitrogens with two attached hydrogens (primary N) is 1. The molecule has 0 aromatic heterocycles. The van der Waals surface area contributed by atoms with Gasteiger partial charge in [-0.2, -0.15) is 5.10 Å². The summed E-state index contributed by atoms with van der Waals surface area (Å²) in [6.45, 7) is 6.83.